The van der Waals surface area contributed by atoms with Crippen molar-refractivity contribution in [2.75, 3.05) is 0 Å². The van der Waals surface area contributed by atoms with Crippen LogP contribution in [0.1, 0.15) is 37.0 Å². The third kappa shape index (κ3) is 4.05. The molecule has 1 aromatic carbocycles. The molecule has 0 bridgehead atoms. The van der Waals surface area contributed by atoms with Crippen molar-refractivity contribution in [1.82, 2.24) is 5.43 Å². The van der Waals surface area contributed by atoms with E-state index >= 15 is 0 Å². The fraction of sp³-hybridized carbons (Fsp3) is 0.294. The van der Waals surface area contributed by atoms with Gasteiger partial charge in [0.15, 0.2) is 0 Å². The van der Waals surface area contributed by atoms with Crippen molar-refractivity contribution in [1.29, 1.82) is 0 Å². The second-order valence-corrected chi connectivity index (χ2v) is 5.82. The van der Waals surface area contributed by atoms with Crippen LogP contribution in [-0.4, -0.2) is 11.6 Å². The Morgan fingerprint density at radius 2 is 2.24 bits per heavy atom. The molecule has 21 heavy (non-hydrogen) atoms. The van der Waals surface area contributed by atoms with Gasteiger partial charge in [0.05, 0.1) is 5.71 Å². The number of allylic oxidation sites excluding steroid dienone is 3. The summed E-state index contributed by atoms with van der Waals surface area (Å²) in [5.41, 5.74) is 6.27. The second-order valence-electron chi connectivity index (χ2n) is 5.38. The Kier molecular flexibility index (Phi) is 4.97. The number of nitrogens with one attached hydrogen (secondary N) is 1. The molecule has 1 atom stereocenters. The van der Waals surface area contributed by atoms with Gasteiger partial charge in [-0.05, 0) is 56.4 Å². The Morgan fingerprint density at radius 1 is 1.48 bits per heavy atom. The number of rotatable bonds is 3. The lowest BCUT2D eigenvalue weighted by Gasteiger charge is -2.22. The molecule has 1 N–H and O–H groups in total. The number of halogens is 1. The first-order valence-corrected chi connectivity index (χ1v) is 7.30. The summed E-state index contributed by atoms with van der Waals surface area (Å²) >= 11 is 5.88. The van der Waals surface area contributed by atoms with Gasteiger partial charge in [-0.15, -0.1) is 0 Å². The summed E-state index contributed by atoms with van der Waals surface area (Å²) in [6.45, 7) is 8.05. The predicted octanol–water partition coefficient (Wildman–Crippen LogP) is 4.36. The molecule has 0 saturated carbocycles. The molecule has 4 heteroatoms. The molecule has 0 fully saturated rings. The largest absolute Gasteiger partial charge is 0.271 e. The first-order chi connectivity index (χ1) is 9.97. The maximum atomic E-state index is 12.0. The van der Waals surface area contributed by atoms with Crippen molar-refractivity contribution in [3.63, 3.8) is 0 Å². The smallest absolute Gasteiger partial charge is 0.267 e. The lowest BCUT2D eigenvalue weighted by atomic mass is 9.85. The van der Waals surface area contributed by atoms with E-state index in [4.69, 9.17) is 11.6 Å². The summed E-state index contributed by atoms with van der Waals surface area (Å²) in [6, 6.07) is 6.81. The molecule has 0 aromatic heterocycles. The van der Waals surface area contributed by atoms with Gasteiger partial charge in [0.1, 0.15) is 0 Å². The fourth-order valence-corrected chi connectivity index (χ4v) is 2.43. The van der Waals surface area contributed by atoms with E-state index in [2.05, 4.69) is 23.2 Å². The minimum atomic E-state index is -0.254. The maximum absolute atomic E-state index is 12.0. The van der Waals surface area contributed by atoms with Crippen molar-refractivity contribution in [2.45, 2.75) is 26.7 Å². The molecule has 0 heterocycles. The van der Waals surface area contributed by atoms with E-state index in [-0.39, 0.29) is 5.91 Å². The molecule has 0 radical (unpaired) electrons. The summed E-state index contributed by atoms with van der Waals surface area (Å²) in [6.07, 6.45) is 3.95. The van der Waals surface area contributed by atoms with E-state index in [1.807, 2.05) is 13.8 Å². The van der Waals surface area contributed by atoms with Crippen molar-refractivity contribution in [3.8, 4) is 0 Å². The van der Waals surface area contributed by atoms with Crippen LogP contribution in [0.5, 0.6) is 0 Å². The summed E-state index contributed by atoms with van der Waals surface area (Å²) in [7, 11) is 0. The third-order valence-corrected chi connectivity index (χ3v) is 3.91. The summed E-state index contributed by atoms with van der Waals surface area (Å²) in [4.78, 5) is 12.0. The van der Waals surface area contributed by atoms with Crippen LogP contribution >= 0.6 is 11.6 Å². The molecule has 1 aliphatic carbocycles. The van der Waals surface area contributed by atoms with Gasteiger partial charge in [-0.2, -0.15) is 5.10 Å². The Balaban J connectivity index is 2.09. The van der Waals surface area contributed by atoms with Gasteiger partial charge in [-0.25, -0.2) is 5.43 Å². The number of carbonyl (C=O) groups excluding carboxylic acids is 1. The lowest BCUT2D eigenvalue weighted by Crippen LogP contribution is -2.23. The van der Waals surface area contributed by atoms with Crippen LogP contribution in [0.4, 0.5) is 0 Å². The first kappa shape index (κ1) is 15.5. The number of nitrogens with zero attached hydrogens (tertiary/aromatic N) is 1. The Hall–Kier alpha value is -1.87. The number of hydrogen-bond acceptors (Lipinski definition) is 2. The van der Waals surface area contributed by atoms with E-state index in [0.29, 0.717) is 16.5 Å². The number of benzene rings is 1. The zero-order chi connectivity index (χ0) is 15.4. The Bertz CT molecular complexity index is 631. The van der Waals surface area contributed by atoms with Crippen LogP contribution < -0.4 is 5.43 Å². The summed E-state index contributed by atoms with van der Waals surface area (Å²) in [5, 5.41) is 4.80. The molecular formula is C17H19ClN2O. The highest BCUT2D eigenvalue weighted by molar-refractivity contribution is 6.30. The summed E-state index contributed by atoms with van der Waals surface area (Å²) < 4.78 is 0. The molecule has 1 aliphatic rings. The Morgan fingerprint density at radius 3 is 2.90 bits per heavy atom. The molecular weight excluding hydrogens is 284 g/mol. The van der Waals surface area contributed by atoms with Crippen LogP contribution in [0.2, 0.25) is 5.02 Å². The Labute approximate surface area is 130 Å². The van der Waals surface area contributed by atoms with E-state index in [0.717, 1.165) is 29.7 Å². The van der Waals surface area contributed by atoms with E-state index < -0.39 is 0 Å². The highest BCUT2D eigenvalue weighted by atomic mass is 35.5. The first-order valence-electron chi connectivity index (χ1n) is 6.92. The second kappa shape index (κ2) is 6.72. The fourth-order valence-electron chi connectivity index (χ4n) is 2.24. The van der Waals surface area contributed by atoms with Gasteiger partial charge in [0, 0.05) is 10.6 Å². The molecule has 3 nitrogen and oxygen atoms in total. The zero-order valence-corrected chi connectivity index (χ0v) is 13.1. The van der Waals surface area contributed by atoms with Crippen LogP contribution in [0.3, 0.4) is 0 Å². The number of hydrogen-bond donors (Lipinski definition) is 1. The monoisotopic (exact) mass is 302 g/mol. The molecule has 1 aromatic rings. The molecule has 0 spiro atoms. The van der Waals surface area contributed by atoms with Crippen LogP contribution in [0, 0.1) is 5.92 Å². The van der Waals surface area contributed by atoms with Crippen LogP contribution in [-0.2, 0) is 0 Å². The SMILES string of the molecule is C=C(C)[C@H]1CC=C(C)/C(=N\NC(=O)c2cccc(Cl)c2)C1. The highest BCUT2D eigenvalue weighted by Crippen LogP contribution is 2.26. The molecule has 2 rings (SSSR count). The topological polar surface area (TPSA) is 41.5 Å². The van der Waals surface area contributed by atoms with Gasteiger partial charge in [-0.1, -0.05) is 35.9 Å². The van der Waals surface area contributed by atoms with Crippen molar-refractivity contribution >= 4 is 23.2 Å². The third-order valence-electron chi connectivity index (χ3n) is 3.68. The quantitative estimate of drug-likeness (QED) is 0.654. The van der Waals surface area contributed by atoms with Crippen molar-refractivity contribution < 1.29 is 4.79 Å². The standard InChI is InChI=1S/C17H19ClN2O/c1-11(2)13-8-7-12(3)16(10-13)19-20-17(21)14-5-4-6-15(18)9-14/h4-7,9,13H,1,8,10H2,2-3H3,(H,20,21)/b19-16-/t13-/m0/s1. The predicted molar refractivity (Wildman–Crippen MR) is 87.6 cm³/mol. The average Bonchev–Trinajstić information content (AvgIpc) is 2.45. The lowest BCUT2D eigenvalue weighted by molar-refractivity contribution is 0.0954. The van der Waals surface area contributed by atoms with Crippen LogP contribution in [0.15, 0.2) is 53.2 Å². The van der Waals surface area contributed by atoms with E-state index in [1.165, 1.54) is 0 Å². The van der Waals surface area contributed by atoms with Crippen molar-refractivity contribution in [2.24, 2.45) is 11.0 Å². The number of amides is 1. The van der Waals surface area contributed by atoms with E-state index in [9.17, 15) is 4.79 Å². The molecule has 110 valence electrons. The molecule has 1 amide bonds. The van der Waals surface area contributed by atoms with Gasteiger partial charge in [0.25, 0.3) is 5.91 Å². The number of carbonyl (C=O) groups is 1. The minimum absolute atomic E-state index is 0.254. The summed E-state index contributed by atoms with van der Waals surface area (Å²) in [5.74, 6) is 0.144. The van der Waals surface area contributed by atoms with Crippen LogP contribution in [0.25, 0.3) is 0 Å². The van der Waals surface area contributed by atoms with E-state index in [1.54, 1.807) is 24.3 Å². The molecule has 0 unspecified atom stereocenters. The van der Waals surface area contributed by atoms with Gasteiger partial charge in [0.2, 0.25) is 0 Å². The maximum Gasteiger partial charge on any atom is 0.271 e. The van der Waals surface area contributed by atoms with Gasteiger partial charge < -0.3 is 0 Å². The van der Waals surface area contributed by atoms with Gasteiger partial charge in [-0.3, -0.25) is 4.79 Å². The average molecular weight is 303 g/mol. The molecule has 0 saturated heterocycles. The normalized spacial score (nSPS) is 20.0. The van der Waals surface area contributed by atoms with Crippen molar-refractivity contribution in [3.05, 3.63) is 58.7 Å². The number of hydrazone groups is 1. The van der Waals surface area contributed by atoms with Gasteiger partial charge >= 0.3 is 0 Å². The highest BCUT2D eigenvalue weighted by Gasteiger charge is 2.18. The zero-order valence-electron chi connectivity index (χ0n) is 12.3. The molecule has 0 aliphatic heterocycles. The minimum Gasteiger partial charge on any atom is -0.267 e.